The molecular weight excluding hydrogens is 366 g/mol. The van der Waals surface area contributed by atoms with Crippen LogP contribution in [0, 0.1) is 11.6 Å². The number of halogens is 2. The van der Waals surface area contributed by atoms with Gasteiger partial charge in [0.25, 0.3) is 0 Å². The molecule has 1 N–H and O–H groups in total. The summed E-state index contributed by atoms with van der Waals surface area (Å²) in [6, 6.07) is 7.50. The number of hydrogen-bond donors (Lipinski definition) is 1. The van der Waals surface area contributed by atoms with Gasteiger partial charge in [0.05, 0.1) is 24.4 Å². The van der Waals surface area contributed by atoms with E-state index in [1.54, 1.807) is 34.1 Å². The molecule has 0 aliphatic carbocycles. The second-order valence-electron chi connectivity index (χ2n) is 7.30. The quantitative estimate of drug-likeness (QED) is 0.856. The predicted octanol–water partition coefficient (Wildman–Crippen LogP) is 3.84. The fourth-order valence-corrected chi connectivity index (χ4v) is 4.30. The number of aromatic hydroxyl groups is 1. The van der Waals surface area contributed by atoms with Crippen LogP contribution in [0.2, 0.25) is 0 Å². The summed E-state index contributed by atoms with van der Waals surface area (Å²) in [6.45, 7) is 1.20. The molecule has 2 amide bonds. The molecule has 0 saturated carbocycles. The number of anilines is 1. The van der Waals surface area contributed by atoms with Crippen LogP contribution in [0.5, 0.6) is 5.75 Å². The molecule has 5 nitrogen and oxygen atoms in total. The molecule has 2 unspecified atom stereocenters. The van der Waals surface area contributed by atoms with Gasteiger partial charge >= 0.3 is 6.03 Å². The first kappa shape index (κ1) is 17.2. The smallest absolute Gasteiger partial charge is 0.325 e. The van der Waals surface area contributed by atoms with Gasteiger partial charge in [-0.3, -0.25) is 4.90 Å². The van der Waals surface area contributed by atoms with Crippen LogP contribution >= 0.6 is 0 Å². The molecule has 144 valence electrons. The Labute approximate surface area is 160 Å². The summed E-state index contributed by atoms with van der Waals surface area (Å²) in [5, 5.41) is 10.0. The third kappa shape index (κ3) is 2.57. The molecule has 0 spiro atoms. The van der Waals surface area contributed by atoms with Gasteiger partial charge in [0.2, 0.25) is 0 Å². The topological polar surface area (TPSA) is 53.0 Å². The van der Waals surface area contributed by atoms with Crippen LogP contribution in [0.25, 0.3) is 5.57 Å². The zero-order chi connectivity index (χ0) is 19.4. The molecule has 3 aliphatic heterocycles. The van der Waals surface area contributed by atoms with Crippen LogP contribution in [0.4, 0.5) is 19.3 Å². The van der Waals surface area contributed by atoms with Crippen LogP contribution in [-0.4, -0.2) is 41.8 Å². The van der Waals surface area contributed by atoms with Crippen molar-refractivity contribution in [3.8, 4) is 5.75 Å². The van der Waals surface area contributed by atoms with E-state index in [2.05, 4.69) is 0 Å². The first-order chi connectivity index (χ1) is 13.5. The average molecular weight is 384 g/mol. The van der Waals surface area contributed by atoms with Gasteiger partial charge in [-0.05, 0) is 48.4 Å². The second kappa shape index (κ2) is 6.31. The van der Waals surface area contributed by atoms with E-state index < -0.39 is 17.7 Å². The number of amides is 2. The minimum atomic E-state index is -0.531. The van der Waals surface area contributed by atoms with Crippen LogP contribution in [0.3, 0.4) is 0 Å². The van der Waals surface area contributed by atoms with Crippen LogP contribution in [0.1, 0.15) is 23.6 Å². The molecule has 1 saturated heterocycles. The highest BCUT2D eigenvalue weighted by Gasteiger charge is 2.44. The van der Waals surface area contributed by atoms with Gasteiger partial charge in [-0.1, -0.05) is 6.08 Å². The molecule has 2 aromatic carbocycles. The predicted molar refractivity (Wildman–Crippen MR) is 99.0 cm³/mol. The molecule has 2 aromatic rings. The lowest BCUT2D eigenvalue weighted by Crippen LogP contribution is -2.52. The third-order valence-corrected chi connectivity index (χ3v) is 5.62. The van der Waals surface area contributed by atoms with E-state index in [-0.39, 0.29) is 29.9 Å². The molecular formula is C21H18F2N2O3. The maximum absolute atomic E-state index is 14.3. The number of carbonyl (C=O) groups excluding carboxylic acids is 1. The Morgan fingerprint density at radius 3 is 2.79 bits per heavy atom. The van der Waals surface area contributed by atoms with Gasteiger partial charge in [-0.2, -0.15) is 0 Å². The van der Waals surface area contributed by atoms with E-state index in [1.165, 1.54) is 0 Å². The molecule has 28 heavy (non-hydrogen) atoms. The van der Waals surface area contributed by atoms with Crippen molar-refractivity contribution in [1.82, 2.24) is 4.90 Å². The minimum absolute atomic E-state index is 0.0910. The highest BCUT2D eigenvalue weighted by Crippen LogP contribution is 2.46. The van der Waals surface area contributed by atoms with Crippen molar-refractivity contribution in [1.29, 1.82) is 0 Å². The Hall–Kier alpha value is -2.93. The van der Waals surface area contributed by atoms with Crippen LogP contribution < -0.4 is 4.90 Å². The number of rotatable bonds is 2. The summed E-state index contributed by atoms with van der Waals surface area (Å²) in [7, 11) is 0. The largest absolute Gasteiger partial charge is 0.508 e. The first-order valence-corrected chi connectivity index (χ1v) is 9.19. The Bertz CT molecular complexity index is 1000. The van der Waals surface area contributed by atoms with E-state index in [0.717, 1.165) is 35.9 Å². The summed E-state index contributed by atoms with van der Waals surface area (Å²) in [5.74, 6) is -0.970. The lowest BCUT2D eigenvalue weighted by Gasteiger charge is -2.41. The average Bonchev–Trinajstić information content (AvgIpc) is 3.35. The second-order valence-corrected chi connectivity index (χ2v) is 7.30. The Balaban J connectivity index is 1.61. The summed E-state index contributed by atoms with van der Waals surface area (Å²) in [6.07, 6.45) is 2.50. The maximum Gasteiger partial charge on any atom is 0.325 e. The van der Waals surface area contributed by atoms with Gasteiger partial charge in [0, 0.05) is 24.3 Å². The fourth-order valence-electron chi connectivity index (χ4n) is 4.30. The maximum atomic E-state index is 14.3. The van der Waals surface area contributed by atoms with E-state index in [1.807, 2.05) is 0 Å². The normalized spacial score (nSPS) is 23.6. The van der Waals surface area contributed by atoms with Crippen molar-refractivity contribution in [2.75, 3.05) is 24.7 Å². The van der Waals surface area contributed by atoms with Crippen molar-refractivity contribution in [2.45, 2.75) is 18.5 Å². The molecule has 0 aromatic heterocycles. The number of urea groups is 1. The van der Waals surface area contributed by atoms with Gasteiger partial charge in [0.1, 0.15) is 17.4 Å². The monoisotopic (exact) mass is 384 g/mol. The number of benzene rings is 2. The van der Waals surface area contributed by atoms with Gasteiger partial charge in [-0.25, -0.2) is 13.6 Å². The van der Waals surface area contributed by atoms with E-state index in [9.17, 15) is 18.7 Å². The van der Waals surface area contributed by atoms with Crippen molar-refractivity contribution in [2.24, 2.45) is 0 Å². The fraction of sp³-hybridized carbons (Fsp3) is 0.286. The van der Waals surface area contributed by atoms with Crippen molar-refractivity contribution in [3.05, 3.63) is 65.2 Å². The molecule has 0 radical (unpaired) electrons. The molecule has 1 fully saturated rings. The van der Waals surface area contributed by atoms with E-state index in [4.69, 9.17) is 4.74 Å². The van der Waals surface area contributed by atoms with Crippen LogP contribution in [-0.2, 0) is 4.74 Å². The zero-order valence-electron chi connectivity index (χ0n) is 14.9. The van der Waals surface area contributed by atoms with Crippen molar-refractivity contribution >= 4 is 17.3 Å². The van der Waals surface area contributed by atoms with E-state index in [0.29, 0.717) is 18.8 Å². The minimum Gasteiger partial charge on any atom is -0.508 e. The summed E-state index contributed by atoms with van der Waals surface area (Å²) < 4.78 is 33.4. The number of hydrogen-bond acceptors (Lipinski definition) is 3. The molecule has 0 bridgehead atoms. The molecule has 3 heterocycles. The van der Waals surface area contributed by atoms with Gasteiger partial charge in [0.15, 0.2) is 0 Å². The zero-order valence-corrected chi connectivity index (χ0v) is 14.9. The summed E-state index contributed by atoms with van der Waals surface area (Å²) in [5.41, 5.74) is 2.18. The summed E-state index contributed by atoms with van der Waals surface area (Å²) in [4.78, 5) is 16.6. The Morgan fingerprint density at radius 2 is 2.00 bits per heavy atom. The lowest BCUT2D eigenvalue weighted by atomic mass is 9.98. The number of fused-ring (bicyclic) bond motifs is 3. The third-order valence-electron chi connectivity index (χ3n) is 5.62. The molecule has 2 atom stereocenters. The number of phenolic OH excluding ortho intramolecular Hbond substituents is 1. The molecule has 7 heteroatoms. The van der Waals surface area contributed by atoms with Gasteiger partial charge in [-0.15, -0.1) is 0 Å². The van der Waals surface area contributed by atoms with Gasteiger partial charge < -0.3 is 14.7 Å². The highest BCUT2D eigenvalue weighted by molar-refractivity contribution is 5.99. The van der Waals surface area contributed by atoms with Crippen molar-refractivity contribution < 1.29 is 23.4 Å². The highest BCUT2D eigenvalue weighted by atomic mass is 19.1. The Morgan fingerprint density at radius 1 is 1.14 bits per heavy atom. The number of carbonyl (C=O) groups is 1. The summed E-state index contributed by atoms with van der Waals surface area (Å²) >= 11 is 0. The molecule has 5 rings (SSSR count). The standard InChI is InChI=1S/C21H18F2N2O3/c22-13-1-3-18(23)16(8-13)12-7-20-17-9-15(26)2-4-19(17)25(14-5-6-28-11-14)21(27)24(20)10-12/h1-4,7-9,14,20,26H,5-6,10-11H2. The van der Waals surface area contributed by atoms with Crippen molar-refractivity contribution in [3.63, 3.8) is 0 Å². The number of nitrogens with zero attached hydrogens (tertiary/aromatic N) is 2. The number of ether oxygens (including phenoxy) is 1. The molecule has 3 aliphatic rings. The Kier molecular flexibility index (Phi) is 3.87. The van der Waals surface area contributed by atoms with Crippen LogP contribution in [0.15, 0.2) is 42.5 Å². The van der Waals surface area contributed by atoms with E-state index >= 15 is 0 Å². The number of phenols is 1. The lowest BCUT2D eigenvalue weighted by molar-refractivity contribution is 0.182. The first-order valence-electron chi connectivity index (χ1n) is 9.19. The SMILES string of the molecule is O=C1N2CC(c3cc(F)ccc3F)=CC2c2cc(O)ccc2N1C1CCOC1.